The van der Waals surface area contributed by atoms with Crippen molar-refractivity contribution in [2.24, 2.45) is 0 Å². The fourth-order valence-electron chi connectivity index (χ4n) is 1.19. The van der Waals surface area contributed by atoms with E-state index in [0.717, 1.165) is 5.56 Å². The molecule has 16 heavy (non-hydrogen) atoms. The third-order valence-electron chi connectivity index (χ3n) is 2.00. The molecule has 0 aliphatic carbocycles. The monoisotopic (exact) mass is 285 g/mol. The molecule has 5 heteroatoms. The Hall–Kier alpha value is -1.36. The number of alkyl halides is 1. The van der Waals surface area contributed by atoms with Gasteiger partial charge >= 0.3 is 5.97 Å². The number of nitrogens with one attached hydrogen (secondary N) is 1. The fourth-order valence-corrected chi connectivity index (χ4v) is 1.63. The van der Waals surface area contributed by atoms with Crippen molar-refractivity contribution in [3.05, 3.63) is 35.9 Å². The molecule has 1 aromatic carbocycles. The molecule has 0 aliphatic rings. The van der Waals surface area contributed by atoms with Crippen LogP contribution in [-0.2, 0) is 16.0 Å². The number of halogens is 1. The molecule has 1 aromatic rings. The summed E-state index contributed by atoms with van der Waals surface area (Å²) in [6, 6.07) is 8.30. The number of rotatable bonds is 5. The molecule has 1 amide bonds. The van der Waals surface area contributed by atoms with Crippen LogP contribution < -0.4 is 5.32 Å². The van der Waals surface area contributed by atoms with Gasteiger partial charge in [-0.25, -0.2) is 4.79 Å². The van der Waals surface area contributed by atoms with Crippen LogP contribution in [0.15, 0.2) is 30.3 Å². The first-order valence-corrected chi connectivity index (χ1v) is 5.87. The number of carboxylic acids is 1. The predicted octanol–water partition coefficient (Wildman–Crippen LogP) is 1.19. The Kier molecular flexibility index (Phi) is 4.98. The molecule has 0 radical (unpaired) electrons. The molecule has 2 N–H and O–H groups in total. The molecule has 0 heterocycles. The number of amides is 1. The van der Waals surface area contributed by atoms with Crippen molar-refractivity contribution >= 4 is 27.8 Å². The number of benzene rings is 1. The minimum Gasteiger partial charge on any atom is -0.480 e. The number of hydrogen-bond donors (Lipinski definition) is 2. The second kappa shape index (κ2) is 6.27. The molecule has 0 spiro atoms. The van der Waals surface area contributed by atoms with Gasteiger partial charge in [0.25, 0.3) is 0 Å². The van der Waals surface area contributed by atoms with E-state index < -0.39 is 12.0 Å². The lowest BCUT2D eigenvalue weighted by Gasteiger charge is -2.11. The van der Waals surface area contributed by atoms with Gasteiger partial charge in [0, 0.05) is 5.33 Å². The highest BCUT2D eigenvalue weighted by molar-refractivity contribution is 9.09. The smallest absolute Gasteiger partial charge is 0.327 e. The maximum atomic E-state index is 11.5. The Balaban J connectivity index is 2.50. The van der Waals surface area contributed by atoms with Crippen LogP contribution in [0.5, 0.6) is 0 Å². The van der Waals surface area contributed by atoms with Crippen molar-refractivity contribution in [2.45, 2.75) is 12.5 Å². The Bertz CT molecular complexity index is 367. The van der Waals surface area contributed by atoms with E-state index in [-0.39, 0.29) is 17.7 Å². The standard InChI is InChI=1S/C11H12BrNO3/c12-7-9(11(15)16)13-10(14)6-8-4-2-1-3-5-8/h1-5,9H,6-7H2,(H,13,14)(H,15,16)/t9-/m1/s1. The van der Waals surface area contributed by atoms with E-state index in [1.807, 2.05) is 30.3 Å². The van der Waals surface area contributed by atoms with E-state index in [4.69, 9.17) is 5.11 Å². The van der Waals surface area contributed by atoms with Gasteiger partial charge in [-0.3, -0.25) is 4.79 Å². The van der Waals surface area contributed by atoms with Crippen LogP contribution in [0.1, 0.15) is 5.56 Å². The summed E-state index contributed by atoms with van der Waals surface area (Å²) in [6.45, 7) is 0. The van der Waals surface area contributed by atoms with Gasteiger partial charge in [0.05, 0.1) is 6.42 Å². The first kappa shape index (κ1) is 12.7. The number of carbonyl (C=O) groups is 2. The van der Waals surface area contributed by atoms with E-state index in [1.165, 1.54) is 0 Å². The summed E-state index contributed by atoms with van der Waals surface area (Å²) in [5.41, 5.74) is 0.860. The van der Waals surface area contributed by atoms with E-state index in [2.05, 4.69) is 21.2 Å². The molecular weight excluding hydrogens is 274 g/mol. The lowest BCUT2D eigenvalue weighted by atomic mass is 10.1. The predicted molar refractivity (Wildman–Crippen MR) is 63.5 cm³/mol. The lowest BCUT2D eigenvalue weighted by Crippen LogP contribution is -2.42. The molecule has 1 rings (SSSR count). The van der Waals surface area contributed by atoms with Gasteiger partial charge in [-0.05, 0) is 5.56 Å². The van der Waals surface area contributed by atoms with E-state index in [0.29, 0.717) is 0 Å². The largest absolute Gasteiger partial charge is 0.480 e. The molecule has 1 atom stereocenters. The summed E-state index contributed by atoms with van der Waals surface area (Å²) in [4.78, 5) is 22.2. The summed E-state index contributed by atoms with van der Waals surface area (Å²) >= 11 is 3.03. The lowest BCUT2D eigenvalue weighted by molar-refractivity contribution is -0.141. The van der Waals surface area contributed by atoms with Crippen molar-refractivity contribution in [3.63, 3.8) is 0 Å². The van der Waals surface area contributed by atoms with Crippen LogP contribution in [-0.4, -0.2) is 28.4 Å². The average molecular weight is 286 g/mol. The van der Waals surface area contributed by atoms with Crippen LogP contribution >= 0.6 is 15.9 Å². The molecule has 0 aromatic heterocycles. The molecule has 0 saturated heterocycles. The van der Waals surface area contributed by atoms with E-state index >= 15 is 0 Å². The highest BCUT2D eigenvalue weighted by Crippen LogP contribution is 2.00. The van der Waals surface area contributed by atoms with Crippen molar-refractivity contribution in [1.29, 1.82) is 0 Å². The maximum Gasteiger partial charge on any atom is 0.327 e. The first-order valence-electron chi connectivity index (χ1n) is 4.75. The highest BCUT2D eigenvalue weighted by atomic mass is 79.9. The number of hydrogen-bond acceptors (Lipinski definition) is 2. The van der Waals surface area contributed by atoms with Crippen LogP contribution in [0.3, 0.4) is 0 Å². The van der Waals surface area contributed by atoms with Gasteiger partial charge in [0.2, 0.25) is 5.91 Å². The van der Waals surface area contributed by atoms with Gasteiger partial charge in [-0.2, -0.15) is 0 Å². The topological polar surface area (TPSA) is 66.4 Å². The Labute approximate surface area is 102 Å². The van der Waals surface area contributed by atoms with Crippen LogP contribution in [0.4, 0.5) is 0 Å². The van der Waals surface area contributed by atoms with Crippen LogP contribution in [0.2, 0.25) is 0 Å². The maximum absolute atomic E-state index is 11.5. The van der Waals surface area contributed by atoms with Crippen molar-refractivity contribution in [2.75, 3.05) is 5.33 Å². The normalized spacial score (nSPS) is 11.8. The second-order valence-corrected chi connectivity index (χ2v) is 3.92. The minimum absolute atomic E-state index is 0.192. The van der Waals surface area contributed by atoms with E-state index in [9.17, 15) is 9.59 Å². The van der Waals surface area contributed by atoms with E-state index in [1.54, 1.807) is 0 Å². The number of carbonyl (C=O) groups excluding carboxylic acids is 1. The molecule has 0 fully saturated rings. The van der Waals surface area contributed by atoms with Crippen LogP contribution in [0, 0.1) is 0 Å². The van der Waals surface area contributed by atoms with Gasteiger partial charge in [-0.1, -0.05) is 46.3 Å². The summed E-state index contributed by atoms with van der Waals surface area (Å²) in [5.74, 6) is -1.34. The zero-order valence-corrected chi connectivity index (χ0v) is 10.1. The molecule has 0 unspecified atom stereocenters. The molecular formula is C11H12BrNO3. The van der Waals surface area contributed by atoms with Gasteiger partial charge in [0.15, 0.2) is 0 Å². The average Bonchev–Trinajstić information content (AvgIpc) is 2.27. The fraction of sp³-hybridized carbons (Fsp3) is 0.273. The number of carboxylic acid groups (broad SMARTS) is 1. The number of aliphatic carboxylic acids is 1. The Morgan fingerprint density at radius 1 is 1.31 bits per heavy atom. The first-order chi connectivity index (χ1) is 7.63. The summed E-state index contributed by atoms with van der Waals surface area (Å²) in [6.07, 6.45) is 0.192. The SMILES string of the molecule is O=C(Cc1ccccc1)N[C@H](CBr)C(=O)O. The summed E-state index contributed by atoms with van der Waals surface area (Å²) in [7, 11) is 0. The minimum atomic E-state index is -1.04. The molecule has 4 nitrogen and oxygen atoms in total. The van der Waals surface area contributed by atoms with Gasteiger partial charge < -0.3 is 10.4 Å². The summed E-state index contributed by atoms with van der Waals surface area (Å²) < 4.78 is 0. The van der Waals surface area contributed by atoms with Crippen molar-refractivity contribution in [1.82, 2.24) is 5.32 Å². The highest BCUT2D eigenvalue weighted by Gasteiger charge is 2.17. The molecule has 0 aliphatic heterocycles. The van der Waals surface area contributed by atoms with Crippen molar-refractivity contribution < 1.29 is 14.7 Å². The zero-order chi connectivity index (χ0) is 12.0. The molecule has 0 bridgehead atoms. The zero-order valence-electron chi connectivity index (χ0n) is 8.52. The quantitative estimate of drug-likeness (QED) is 0.799. The Morgan fingerprint density at radius 3 is 2.44 bits per heavy atom. The molecule has 86 valence electrons. The summed E-state index contributed by atoms with van der Waals surface area (Å²) in [5, 5.41) is 11.4. The van der Waals surface area contributed by atoms with Gasteiger partial charge in [0.1, 0.15) is 6.04 Å². The third-order valence-corrected chi connectivity index (χ3v) is 2.64. The third kappa shape index (κ3) is 4.02. The Morgan fingerprint density at radius 2 is 1.94 bits per heavy atom. The van der Waals surface area contributed by atoms with Gasteiger partial charge in [-0.15, -0.1) is 0 Å². The van der Waals surface area contributed by atoms with Crippen molar-refractivity contribution in [3.8, 4) is 0 Å². The van der Waals surface area contributed by atoms with Crippen LogP contribution in [0.25, 0.3) is 0 Å². The molecule has 0 saturated carbocycles. The second-order valence-electron chi connectivity index (χ2n) is 3.28.